The number of likely N-dealkylation sites (tertiary alicyclic amines) is 1. The first kappa shape index (κ1) is 15.9. The van der Waals surface area contributed by atoms with Crippen molar-refractivity contribution >= 4 is 6.03 Å². The summed E-state index contributed by atoms with van der Waals surface area (Å²) in [6.07, 6.45) is 10.2. The molecule has 6 nitrogen and oxygen atoms in total. The fourth-order valence-corrected chi connectivity index (χ4v) is 4.49. The lowest BCUT2D eigenvalue weighted by Gasteiger charge is -2.26. The second-order valence-electron chi connectivity index (χ2n) is 7.57. The molecule has 0 aromatic carbocycles. The molecule has 2 unspecified atom stereocenters. The number of likely N-dealkylation sites (N-methyl/N-ethyl adjacent to an activating group) is 1. The maximum absolute atomic E-state index is 12.5. The van der Waals surface area contributed by atoms with Crippen molar-refractivity contribution in [2.24, 2.45) is 0 Å². The third-order valence-electron chi connectivity index (χ3n) is 6.05. The van der Waals surface area contributed by atoms with Gasteiger partial charge in [-0.3, -0.25) is 4.90 Å². The van der Waals surface area contributed by atoms with Crippen molar-refractivity contribution in [2.75, 3.05) is 26.7 Å². The fraction of sp³-hybridized carbons (Fsp3) is 0.778. The monoisotopic (exact) mass is 331 g/mol. The van der Waals surface area contributed by atoms with Gasteiger partial charge in [0.1, 0.15) is 5.82 Å². The maximum Gasteiger partial charge on any atom is 0.317 e. The Morgan fingerprint density at radius 2 is 2.12 bits per heavy atom. The summed E-state index contributed by atoms with van der Waals surface area (Å²) in [5, 5.41) is 3.10. The molecule has 1 aromatic rings. The molecule has 2 saturated heterocycles. The summed E-state index contributed by atoms with van der Waals surface area (Å²) in [6.45, 7) is 3.53. The summed E-state index contributed by atoms with van der Waals surface area (Å²) in [4.78, 5) is 21.7. The van der Waals surface area contributed by atoms with Crippen LogP contribution in [0.1, 0.15) is 43.6 Å². The van der Waals surface area contributed by atoms with E-state index in [9.17, 15) is 4.79 Å². The maximum atomic E-state index is 12.5. The van der Waals surface area contributed by atoms with Crippen LogP contribution in [-0.4, -0.2) is 64.1 Å². The predicted octanol–water partition coefficient (Wildman–Crippen LogP) is 1.64. The van der Waals surface area contributed by atoms with Crippen molar-refractivity contribution in [3.8, 4) is 0 Å². The molecular formula is C18H29N5O. The Balaban J connectivity index is 1.27. The molecule has 6 heteroatoms. The Hall–Kier alpha value is -1.56. The SMILES string of the molecule is CN1C2CCC1CN(C(=O)NCCc1cn3c(n1)CCCC3)CC2. The molecule has 3 aliphatic rings. The Bertz CT molecular complexity index is 575. The predicted molar refractivity (Wildman–Crippen MR) is 93.0 cm³/mol. The van der Waals surface area contributed by atoms with E-state index < -0.39 is 0 Å². The molecule has 0 saturated carbocycles. The lowest BCUT2D eigenvalue weighted by Crippen LogP contribution is -2.45. The zero-order chi connectivity index (χ0) is 16.5. The van der Waals surface area contributed by atoms with Gasteiger partial charge in [-0.05, 0) is 39.2 Å². The molecule has 1 aromatic heterocycles. The van der Waals surface area contributed by atoms with Crippen LogP contribution in [-0.2, 0) is 19.4 Å². The number of carbonyl (C=O) groups excluding carboxylic acids is 1. The number of fused-ring (bicyclic) bond motifs is 3. The van der Waals surface area contributed by atoms with Crippen LogP contribution in [0.5, 0.6) is 0 Å². The number of aromatic nitrogens is 2. The van der Waals surface area contributed by atoms with Crippen LogP contribution in [0.3, 0.4) is 0 Å². The summed E-state index contributed by atoms with van der Waals surface area (Å²) >= 11 is 0. The Labute approximate surface area is 144 Å². The zero-order valence-corrected chi connectivity index (χ0v) is 14.7. The number of imidazole rings is 1. The first-order valence-corrected chi connectivity index (χ1v) is 9.50. The molecule has 4 heterocycles. The highest BCUT2D eigenvalue weighted by Crippen LogP contribution is 2.28. The molecule has 2 bridgehead atoms. The van der Waals surface area contributed by atoms with Gasteiger partial charge in [-0.1, -0.05) is 0 Å². The zero-order valence-electron chi connectivity index (χ0n) is 14.7. The summed E-state index contributed by atoms with van der Waals surface area (Å²) in [5.41, 5.74) is 1.11. The number of urea groups is 1. The van der Waals surface area contributed by atoms with Gasteiger partial charge in [-0.15, -0.1) is 0 Å². The molecule has 132 valence electrons. The summed E-state index contributed by atoms with van der Waals surface area (Å²) < 4.78 is 2.28. The average Bonchev–Trinajstić information content (AvgIpc) is 3.07. The number of aryl methyl sites for hydroxylation is 2. The molecule has 2 atom stereocenters. The first-order valence-electron chi connectivity index (χ1n) is 9.50. The summed E-state index contributed by atoms with van der Waals surface area (Å²) in [5.74, 6) is 1.22. The number of rotatable bonds is 3. The fourth-order valence-electron chi connectivity index (χ4n) is 4.49. The van der Waals surface area contributed by atoms with Crippen LogP contribution in [0, 0.1) is 0 Å². The summed E-state index contributed by atoms with van der Waals surface area (Å²) in [7, 11) is 2.21. The third kappa shape index (κ3) is 3.16. The van der Waals surface area contributed by atoms with E-state index >= 15 is 0 Å². The number of hydrogen-bond acceptors (Lipinski definition) is 3. The van der Waals surface area contributed by atoms with Crippen molar-refractivity contribution in [3.05, 3.63) is 17.7 Å². The van der Waals surface area contributed by atoms with Crippen molar-refractivity contribution < 1.29 is 4.79 Å². The highest BCUT2D eigenvalue weighted by Gasteiger charge is 2.35. The van der Waals surface area contributed by atoms with Gasteiger partial charge < -0.3 is 14.8 Å². The van der Waals surface area contributed by atoms with Crippen LogP contribution in [0.2, 0.25) is 0 Å². The normalized spacial score (nSPS) is 27.0. The van der Waals surface area contributed by atoms with E-state index in [4.69, 9.17) is 4.98 Å². The van der Waals surface area contributed by atoms with E-state index in [0.717, 1.165) is 44.6 Å². The second-order valence-corrected chi connectivity index (χ2v) is 7.57. The highest BCUT2D eigenvalue weighted by atomic mass is 16.2. The van der Waals surface area contributed by atoms with Gasteiger partial charge in [0.25, 0.3) is 0 Å². The van der Waals surface area contributed by atoms with Gasteiger partial charge >= 0.3 is 6.03 Å². The van der Waals surface area contributed by atoms with E-state index in [1.54, 1.807) is 0 Å². The van der Waals surface area contributed by atoms with E-state index in [-0.39, 0.29) is 6.03 Å². The second kappa shape index (κ2) is 6.75. The lowest BCUT2D eigenvalue weighted by atomic mass is 10.1. The average molecular weight is 331 g/mol. The van der Waals surface area contributed by atoms with E-state index in [2.05, 4.69) is 28.0 Å². The summed E-state index contributed by atoms with van der Waals surface area (Å²) in [6, 6.07) is 1.31. The van der Waals surface area contributed by atoms with Crippen molar-refractivity contribution in [1.29, 1.82) is 0 Å². The van der Waals surface area contributed by atoms with Gasteiger partial charge in [0.2, 0.25) is 0 Å². The lowest BCUT2D eigenvalue weighted by molar-refractivity contribution is 0.188. The molecule has 0 radical (unpaired) electrons. The van der Waals surface area contributed by atoms with Gasteiger partial charge in [-0.25, -0.2) is 9.78 Å². The van der Waals surface area contributed by atoms with Gasteiger partial charge in [0.15, 0.2) is 0 Å². The molecule has 2 amide bonds. The number of amides is 2. The first-order chi connectivity index (χ1) is 11.7. The quantitative estimate of drug-likeness (QED) is 0.916. The van der Waals surface area contributed by atoms with Crippen LogP contribution in [0.25, 0.3) is 0 Å². The Morgan fingerprint density at radius 3 is 3.00 bits per heavy atom. The van der Waals surface area contributed by atoms with Crippen LogP contribution >= 0.6 is 0 Å². The Kier molecular flexibility index (Phi) is 4.48. The van der Waals surface area contributed by atoms with Crippen LogP contribution in [0.15, 0.2) is 6.20 Å². The molecule has 4 rings (SSSR count). The van der Waals surface area contributed by atoms with Gasteiger partial charge in [-0.2, -0.15) is 0 Å². The largest absolute Gasteiger partial charge is 0.338 e. The molecule has 0 spiro atoms. The minimum absolute atomic E-state index is 0.0972. The number of carbonyl (C=O) groups is 1. The Morgan fingerprint density at radius 1 is 1.25 bits per heavy atom. The van der Waals surface area contributed by atoms with Crippen molar-refractivity contribution in [1.82, 2.24) is 24.7 Å². The smallest absolute Gasteiger partial charge is 0.317 e. The molecule has 0 aliphatic carbocycles. The van der Waals surface area contributed by atoms with E-state index in [0.29, 0.717) is 18.6 Å². The molecular weight excluding hydrogens is 302 g/mol. The van der Waals surface area contributed by atoms with Crippen molar-refractivity contribution in [3.63, 3.8) is 0 Å². The number of nitrogens with zero attached hydrogens (tertiary/aromatic N) is 4. The van der Waals surface area contributed by atoms with E-state index in [1.165, 1.54) is 31.5 Å². The molecule has 1 N–H and O–H groups in total. The van der Waals surface area contributed by atoms with Gasteiger partial charge in [0.05, 0.1) is 5.69 Å². The topological polar surface area (TPSA) is 53.4 Å². The van der Waals surface area contributed by atoms with Crippen molar-refractivity contribution in [2.45, 2.75) is 63.6 Å². The minimum Gasteiger partial charge on any atom is -0.338 e. The highest BCUT2D eigenvalue weighted by molar-refractivity contribution is 5.74. The minimum atomic E-state index is 0.0972. The number of hydrogen-bond donors (Lipinski definition) is 1. The van der Waals surface area contributed by atoms with E-state index in [1.807, 2.05) is 4.90 Å². The van der Waals surface area contributed by atoms with Crippen LogP contribution < -0.4 is 5.32 Å². The molecule has 3 aliphatic heterocycles. The van der Waals surface area contributed by atoms with Gasteiger partial charge in [0, 0.05) is 57.3 Å². The van der Waals surface area contributed by atoms with Crippen LogP contribution in [0.4, 0.5) is 4.79 Å². The molecule has 2 fully saturated rings. The molecule has 24 heavy (non-hydrogen) atoms. The standard InChI is InChI=1S/C18H29N5O/c1-21-15-5-6-16(21)13-23(11-8-15)18(24)19-9-7-14-12-22-10-3-2-4-17(22)20-14/h12,15-16H,2-11,13H2,1H3,(H,19,24). The number of nitrogens with one attached hydrogen (secondary N) is 1. The third-order valence-corrected chi connectivity index (χ3v) is 6.05.